The van der Waals surface area contributed by atoms with Gasteiger partial charge in [0.2, 0.25) is 11.8 Å². The van der Waals surface area contributed by atoms with E-state index in [1.165, 1.54) is 0 Å². The van der Waals surface area contributed by atoms with Gasteiger partial charge >= 0.3 is 0 Å². The van der Waals surface area contributed by atoms with Crippen molar-refractivity contribution in [1.82, 2.24) is 0 Å². The topological polar surface area (TPSA) is 61.4 Å². The van der Waals surface area contributed by atoms with E-state index < -0.39 is 6.04 Å². The number of hydrogen-bond acceptors (Lipinski definition) is 3. The molecule has 2 aromatic carbocycles. The quantitative estimate of drug-likeness (QED) is 0.784. The second-order valence-corrected chi connectivity index (χ2v) is 7.02. The zero-order chi connectivity index (χ0) is 18.7. The van der Waals surface area contributed by atoms with Crippen molar-refractivity contribution in [3.63, 3.8) is 0 Å². The number of rotatable bonds is 5. The standard InChI is InChI=1S/C19H19Cl2N3O2/c1-12(19(26)23-17-9-4-13(20)11-16(17)21)22-14-5-7-15(8-6-14)24-10-2-3-18(24)25/h4-9,11-12,22H,2-3,10H2,1H3,(H,23,26)/t12-/m1/s1. The zero-order valence-electron chi connectivity index (χ0n) is 14.3. The first-order chi connectivity index (χ1) is 12.4. The Labute approximate surface area is 162 Å². The van der Waals surface area contributed by atoms with Crippen molar-refractivity contribution in [2.24, 2.45) is 0 Å². The van der Waals surface area contributed by atoms with Crippen LogP contribution in [0.15, 0.2) is 42.5 Å². The van der Waals surface area contributed by atoms with Crippen LogP contribution in [0.5, 0.6) is 0 Å². The van der Waals surface area contributed by atoms with E-state index >= 15 is 0 Å². The van der Waals surface area contributed by atoms with Gasteiger partial charge in [-0.3, -0.25) is 9.59 Å². The molecular formula is C19H19Cl2N3O2. The van der Waals surface area contributed by atoms with Gasteiger partial charge in [-0.05, 0) is 55.8 Å². The molecule has 136 valence electrons. The summed E-state index contributed by atoms with van der Waals surface area (Å²) in [5.41, 5.74) is 2.19. The van der Waals surface area contributed by atoms with Crippen molar-refractivity contribution in [3.8, 4) is 0 Å². The highest BCUT2D eigenvalue weighted by Gasteiger charge is 2.21. The number of nitrogens with zero attached hydrogens (tertiary/aromatic N) is 1. The van der Waals surface area contributed by atoms with Crippen molar-refractivity contribution in [1.29, 1.82) is 0 Å². The van der Waals surface area contributed by atoms with Gasteiger partial charge in [-0.15, -0.1) is 0 Å². The van der Waals surface area contributed by atoms with Gasteiger partial charge in [0, 0.05) is 29.4 Å². The summed E-state index contributed by atoms with van der Waals surface area (Å²) in [4.78, 5) is 25.9. The SMILES string of the molecule is C[C@@H](Nc1ccc(N2CCCC2=O)cc1)C(=O)Nc1ccc(Cl)cc1Cl. The first kappa shape index (κ1) is 18.5. The Morgan fingerprint density at radius 1 is 1.15 bits per heavy atom. The van der Waals surface area contributed by atoms with Gasteiger partial charge in [0.15, 0.2) is 0 Å². The summed E-state index contributed by atoms with van der Waals surface area (Å²) >= 11 is 11.9. The average Bonchev–Trinajstić information content (AvgIpc) is 3.04. The molecule has 1 fully saturated rings. The first-order valence-corrected chi connectivity index (χ1v) is 9.12. The predicted molar refractivity (Wildman–Crippen MR) is 106 cm³/mol. The molecule has 5 nitrogen and oxygen atoms in total. The van der Waals surface area contributed by atoms with Crippen LogP contribution in [0.4, 0.5) is 17.1 Å². The summed E-state index contributed by atoms with van der Waals surface area (Å²) in [7, 11) is 0. The van der Waals surface area contributed by atoms with E-state index in [-0.39, 0.29) is 11.8 Å². The van der Waals surface area contributed by atoms with Crippen molar-refractivity contribution in [2.75, 3.05) is 22.1 Å². The van der Waals surface area contributed by atoms with Gasteiger partial charge in [0.1, 0.15) is 6.04 Å². The van der Waals surface area contributed by atoms with E-state index in [2.05, 4.69) is 10.6 Å². The lowest BCUT2D eigenvalue weighted by Crippen LogP contribution is -2.32. The van der Waals surface area contributed by atoms with E-state index in [0.717, 1.165) is 24.3 Å². The van der Waals surface area contributed by atoms with Gasteiger partial charge in [0.25, 0.3) is 0 Å². The molecule has 0 radical (unpaired) electrons. The molecule has 1 aliphatic rings. The molecule has 1 saturated heterocycles. The number of anilines is 3. The highest BCUT2D eigenvalue weighted by atomic mass is 35.5. The van der Waals surface area contributed by atoms with Crippen molar-refractivity contribution < 1.29 is 9.59 Å². The molecule has 7 heteroatoms. The maximum atomic E-state index is 12.4. The fourth-order valence-electron chi connectivity index (χ4n) is 2.81. The van der Waals surface area contributed by atoms with Crippen LogP contribution in [-0.4, -0.2) is 24.4 Å². The number of benzene rings is 2. The Kier molecular flexibility index (Phi) is 5.69. The van der Waals surface area contributed by atoms with E-state index in [1.54, 1.807) is 30.0 Å². The molecule has 0 bridgehead atoms. The monoisotopic (exact) mass is 391 g/mol. The number of halogens is 2. The first-order valence-electron chi connectivity index (χ1n) is 8.37. The minimum absolute atomic E-state index is 0.151. The zero-order valence-corrected chi connectivity index (χ0v) is 15.8. The smallest absolute Gasteiger partial charge is 0.246 e. The Balaban J connectivity index is 1.61. The molecule has 1 heterocycles. The van der Waals surface area contributed by atoms with Crippen LogP contribution in [-0.2, 0) is 9.59 Å². The molecule has 2 aromatic rings. The third-order valence-corrected chi connectivity index (χ3v) is 4.77. The lowest BCUT2D eigenvalue weighted by molar-refractivity contribution is -0.117. The van der Waals surface area contributed by atoms with Crippen molar-refractivity contribution in [2.45, 2.75) is 25.8 Å². The minimum Gasteiger partial charge on any atom is -0.374 e. The maximum Gasteiger partial charge on any atom is 0.246 e. The van der Waals surface area contributed by atoms with Crippen molar-refractivity contribution >= 4 is 52.1 Å². The fourth-order valence-corrected chi connectivity index (χ4v) is 3.26. The molecular weight excluding hydrogens is 373 g/mol. The summed E-state index contributed by atoms with van der Waals surface area (Å²) in [5, 5.41) is 6.81. The van der Waals surface area contributed by atoms with Crippen LogP contribution >= 0.6 is 23.2 Å². The number of hydrogen-bond donors (Lipinski definition) is 2. The summed E-state index contributed by atoms with van der Waals surface area (Å²) < 4.78 is 0. The second-order valence-electron chi connectivity index (χ2n) is 6.18. The molecule has 0 unspecified atom stereocenters. The van der Waals surface area contributed by atoms with Crippen molar-refractivity contribution in [3.05, 3.63) is 52.5 Å². The third kappa shape index (κ3) is 4.29. The van der Waals surface area contributed by atoms with E-state index in [0.29, 0.717) is 22.2 Å². The molecule has 26 heavy (non-hydrogen) atoms. The summed E-state index contributed by atoms with van der Waals surface area (Å²) in [6, 6.07) is 11.9. The van der Waals surface area contributed by atoms with Crippen LogP contribution in [0.25, 0.3) is 0 Å². The highest BCUT2D eigenvalue weighted by Crippen LogP contribution is 2.26. The molecule has 0 spiro atoms. The summed E-state index contributed by atoms with van der Waals surface area (Å²) in [6.45, 7) is 2.52. The lowest BCUT2D eigenvalue weighted by Gasteiger charge is -2.18. The Bertz CT molecular complexity index is 824. The molecule has 0 aliphatic carbocycles. The Morgan fingerprint density at radius 3 is 2.50 bits per heavy atom. The Morgan fingerprint density at radius 2 is 1.88 bits per heavy atom. The number of carbonyl (C=O) groups excluding carboxylic acids is 2. The fraction of sp³-hybridized carbons (Fsp3) is 0.263. The predicted octanol–water partition coefficient (Wildman–Crippen LogP) is 4.56. The Hall–Kier alpha value is -2.24. The van der Waals surface area contributed by atoms with E-state index in [9.17, 15) is 9.59 Å². The van der Waals surface area contributed by atoms with Crippen LogP contribution in [0, 0.1) is 0 Å². The number of nitrogens with one attached hydrogen (secondary N) is 2. The largest absolute Gasteiger partial charge is 0.374 e. The van der Waals surface area contributed by atoms with E-state index in [1.807, 2.05) is 24.3 Å². The van der Waals surface area contributed by atoms with Crippen LogP contribution < -0.4 is 15.5 Å². The number of carbonyl (C=O) groups is 2. The average molecular weight is 392 g/mol. The summed E-state index contributed by atoms with van der Waals surface area (Å²) in [6.07, 6.45) is 1.49. The number of amides is 2. The molecule has 0 aromatic heterocycles. The maximum absolute atomic E-state index is 12.4. The second kappa shape index (κ2) is 7.98. The molecule has 0 saturated carbocycles. The minimum atomic E-state index is -0.471. The van der Waals surface area contributed by atoms with Gasteiger partial charge in [-0.2, -0.15) is 0 Å². The van der Waals surface area contributed by atoms with E-state index in [4.69, 9.17) is 23.2 Å². The molecule has 2 amide bonds. The molecule has 2 N–H and O–H groups in total. The normalized spacial score (nSPS) is 15.0. The summed E-state index contributed by atoms with van der Waals surface area (Å²) in [5.74, 6) is -0.0636. The van der Waals surface area contributed by atoms with Crippen LogP contribution in [0.3, 0.4) is 0 Å². The van der Waals surface area contributed by atoms with Gasteiger partial charge in [-0.1, -0.05) is 23.2 Å². The lowest BCUT2D eigenvalue weighted by atomic mass is 10.2. The van der Waals surface area contributed by atoms with Gasteiger partial charge in [-0.25, -0.2) is 0 Å². The van der Waals surface area contributed by atoms with Gasteiger partial charge in [0.05, 0.1) is 10.7 Å². The highest BCUT2D eigenvalue weighted by molar-refractivity contribution is 6.36. The molecule has 1 aliphatic heterocycles. The van der Waals surface area contributed by atoms with Crippen LogP contribution in [0.2, 0.25) is 10.0 Å². The van der Waals surface area contributed by atoms with Crippen LogP contribution in [0.1, 0.15) is 19.8 Å². The third-order valence-electron chi connectivity index (χ3n) is 4.22. The van der Waals surface area contributed by atoms with Gasteiger partial charge < -0.3 is 15.5 Å². The molecule has 1 atom stereocenters. The molecule has 3 rings (SSSR count).